The number of aliphatic hydroxyl groups is 1. The van der Waals surface area contributed by atoms with Crippen LogP contribution in [-0.4, -0.2) is 11.4 Å². The van der Waals surface area contributed by atoms with Crippen molar-refractivity contribution in [3.8, 4) is 0 Å². The van der Waals surface area contributed by atoms with Gasteiger partial charge in [0.2, 0.25) is 0 Å². The Morgan fingerprint density at radius 3 is 2.67 bits per heavy atom. The number of carbonyl (C=O) groups excluding carboxylic acids is 1. The monoisotopic (exact) mass is 163 g/mol. The van der Waals surface area contributed by atoms with Gasteiger partial charge >= 0.3 is 0 Å². The van der Waals surface area contributed by atoms with Gasteiger partial charge in [0, 0.05) is 5.56 Å². The van der Waals surface area contributed by atoms with E-state index in [2.05, 4.69) is 5.32 Å². The first-order valence-electron chi connectivity index (χ1n) is 3.81. The van der Waals surface area contributed by atoms with E-state index in [-0.39, 0.29) is 6.04 Å². The molecular weight excluding hydrogens is 154 g/mol. The van der Waals surface area contributed by atoms with Crippen molar-refractivity contribution >= 4 is 6.29 Å². The summed E-state index contributed by atoms with van der Waals surface area (Å²) in [6.45, 7) is 0. The molecule has 2 unspecified atom stereocenters. The van der Waals surface area contributed by atoms with Crippen LogP contribution >= 0.6 is 0 Å². The second kappa shape index (κ2) is 2.69. The Balaban J connectivity index is 2.49. The van der Waals surface area contributed by atoms with Crippen LogP contribution in [0.5, 0.6) is 0 Å². The van der Waals surface area contributed by atoms with Gasteiger partial charge in [0.15, 0.2) is 0 Å². The SMILES string of the molecule is O=CC1NC(O)c2ccccc21. The number of aliphatic hydroxyl groups excluding tert-OH is 1. The number of hydrogen-bond donors (Lipinski definition) is 2. The molecule has 0 saturated heterocycles. The summed E-state index contributed by atoms with van der Waals surface area (Å²) in [5.41, 5.74) is 1.68. The van der Waals surface area contributed by atoms with Gasteiger partial charge in [-0.15, -0.1) is 0 Å². The van der Waals surface area contributed by atoms with Gasteiger partial charge in [-0.3, -0.25) is 5.32 Å². The van der Waals surface area contributed by atoms with Crippen LogP contribution in [0, 0.1) is 0 Å². The molecule has 0 bridgehead atoms. The fraction of sp³-hybridized carbons (Fsp3) is 0.222. The van der Waals surface area contributed by atoms with Crippen LogP contribution in [0.3, 0.4) is 0 Å². The summed E-state index contributed by atoms with van der Waals surface area (Å²) >= 11 is 0. The average molecular weight is 163 g/mol. The van der Waals surface area contributed by atoms with Crippen LogP contribution in [0.2, 0.25) is 0 Å². The smallest absolute Gasteiger partial charge is 0.141 e. The molecule has 1 aliphatic heterocycles. The van der Waals surface area contributed by atoms with E-state index in [1.807, 2.05) is 24.3 Å². The summed E-state index contributed by atoms with van der Waals surface area (Å²) in [5.74, 6) is 0. The Morgan fingerprint density at radius 2 is 2.00 bits per heavy atom. The molecule has 0 aromatic heterocycles. The lowest BCUT2D eigenvalue weighted by molar-refractivity contribution is -0.110. The molecule has 0 saturated carbocycles. The number of aldehydes is 1. The Hall–Kier alpha value is -1.19. The number of carbonyl (C=O) groups is 1. The van der Waals surface area contributed by atoms with Gasteiger partial charge in [0.1, 0.15) is 12.5 Å². The van der Waals surface area contributed by atoms with Crippen LogP contribution in [-0.2, 0) is 4.79 Å². The minimum Gasteiger partial charge on any atom is -0.374 e. The predicted molar refractivity (Wildman–Crippen MR) is 43.3 cm³/mol. The zero-order chi connectivity index (χ0) is 8.55. The predicted octanol–water partition coefficient (Wildman–Crippen LogP) is 0.521. The standard InChI is InChI=1S/C9H9NO2/c11-5-8-6-3-1-2-4-7(6)9(12)10-8/h1-5,8-10,12H. The van der Waals surface area contributed by atoms with Crippen molar-refractivity contribution < 1.29 is 9.90 Å². The van der Waals surface area contributed by atoms with Crippen molar-refractivity contribution in [1.82, 2.24) is 5.32 Å². The highest BCUT2D eigenvalue weighted by Crippen LogP contribution is 2.29. The third kappa shape index (κ3) is 0.948. The van der Waals surface area contributed by atoms with Crippen LogP contribution in [0.4, 0.5) is 0 Å². The van der Waals surface area contributed by atoms with Crippen molar-refractivity contribution in [2.45, 2.75) is 12.3 Å². The second-order valence-electron chi connectivity index (χ2n) is 2.81. The maximum atomic E-state index is 10.5. The lowest BCUT2D eigenvalue weighted by Gasteiger charge is -2.02. The van der Waals surface area contributed by atoms with Gasteiger partial charge < -0.3 is 9.90 Å². The highest BCUT2D eigenvalue weighted by Gasteiger charge is 2.27. The Bertz CT molecular complexity index is 311. The minimum absolute atomic E-state index is 0.351. The molecule has 0 radical (unpaired) electrons. The highest BCUT2D eigenvalue weighted by molar-refractivity contribution is 5.64. The number of benzene rings is 1. The highest BCUT2D eigenvalue weighted by atomic mass is 16.3. The normalized spacial score (nSPS) is 26.8. The zero-order valence-electron chi connectivity index (χ0n) is 6.40. The molecule has 1 aliphatic rings. The third-order valence-electron chi connectivity index (χ3n) is 2.10. The van der Waals surface area contributed by atoms with Crippen molar-refractivity contribution in [2.24, 2.45) is 0 Å². The molecule has 2 N–H and O–H groups in total. The average Bonchev–Trinajstić information content (AvgIpc) is 2.44. The van der Waals surface area contributed by atoms with E-state index in [0.717, 1.165) is 17.4 Å². The van der Waals surface area contributed by atoms with E-state index in [4.69, 9.17) is 0 Å². The second-order valence-corrected chi connectivity index (χ2v) is 2.81. The summed E-state index contributed by atoms with van der Waals surface area (Å²) in [4.78, 5) is 10.5. The van der Waals surface area contributed by atoms with Gasteiger partial charge in [-0.2, -0.15) is 0 Å². The molecule has 1 heterocycles. The van der Waals surface area contributed by atoms with E-state index >= 15 is 0 Å². The summed E-state index contributed by atoms with van der Waals surface area (Å²) in [6, 6.07) is 7.01. The maximum Gasteiger partial charge on any atom is 0.141 e. The summed E-state index contributed by atoms with van der Waals surface area (Å²) in [6.07, 6.45) is 0.103. The molecule has 2 atom stereocenters. The summed E-state index contributed by atoms with van der Waals surface area (Å²) in [5, 5.41) is 12.2. The third-order valence-corrected chi connectivity index (χ3v) is 2.10. The molecule has 2 rings (SSSR count). The molecule has 1 aromatic rings. The molecule has 0 fully saturated rings. The van der Waals surface area contributed by atoms with Crippen LogP contribution in [0.15, 0.2) is 24.3 Å². The fourth-order valence-corrected chi connectivity index (χ4v) is 1.51. The van der Waals surface area contributed by atoms with Crippen LogP contribution < -0.4 is 5.32 Å². The largest absolute Gasteiger partial charge is 0.374 e. The molecule has 0 amide bonds. The van der Waals surface area contributed by atoms with E-state index in [0.29, 0.717) is 0 Å². The number of hydrogen-bond acceptors (Lipinski definition) is 3. The van der Waals surface area contributed by atoms with Crippen molar-refractivity contribution in [3.05, 3.63) is 35.4 Å². The van der Waals surface area contributed by atoms with E-state index in [9.17, 15) is 9.90 Å². The zero-order valence-corrected chi connectivity index (χ0v) is 6.40. The Kier molecular flexibility index (Phi) is 1.67. The molecule has 3 nitrogen and oxygen atoms in total. The molecule has 62 valence electrons. The molecule has 12 heavy (non-hydrogen) atoms. The van der Waals surface area contributed by atoms with Gasteiger partial charge in [-0.1, -0.05) is 24.3 Å². The van der Waals surface area contributed by atoms with E-state index in [1.54, 1.807) is 0 Å². The van der Waals surface area contributed by atoms with Crippen molar-refractivity contribution in [2.75, 3.05) is 0 Å². The first-order chi connectivity index (χ1) is 5.83. The molecule has 0 aliphatic carbocycles. The number of rotatable bonds is 1. The quantitative estimate of drug-likeness (QED) is 0.593. The topological polar surface area (TPSA) is 49.3 Å². The van der Waals surface area contributed by atoms with E-state index in [1.165, 1.54) is 0 Å². The molecule has 1 aromatic carbocycles. The fourth-order valence-electron chi connectivity index (χ4n) is 1.51. The van der Waals surface area contributed by atoms with Gasteiger partial charge in [0.25, 0.3) is 0 Å². The van der Waals surface area contributed by atoms with Crippen molar-refractivity contribution in [1.29, 1.82) is 0 Å². The van der Waals surface area contributed by atoms with Crippen molar-refractivity contribution in [3.63, 3.8) is 0 Å². The van der Waals surface area contributed by atoms with Gasteiger partial charge in [-0.05, 0) is 5.56 Å². The van der Waals surface area contributed by atoms with Crippen LogP contribution in [0.25, 0.3) is 0 Å². The summed E-state index contributed by atoms with van der Waals surface area (Å²) < 4.78 is 0. The Morgan fingerprint density at radius 1 is 1.33 bits per heavy atom. The lowest BCUT2D eigenvalue weighted by Crippen LogP contribution is -2.17. The lowest BCUT2D eigenvalue weighted by atomic mass is 10.1. The molecule has 0 spiro atoms. The summed E-state index contributed by atoms with van der Waals surface area (Å²) in [7, 11) is 0. The Labute approximate surface area is 70.0 Å². The van der Waals surface area contributed by atoms with Gasteiger partial charge in [-0.25, -0.2) is 0 Å². The first kappa shape index (κ1) is 7.46. The van der Waals surface area contributed by atoms with E-state index < -0.39 is 6.23 Å². The minimum atomic E-state index is -0.698. The number of nitrogens with one attached hydrogen (secondary N) is 1. The molecule has 3 heteroatoms. The van der Waals surface area contributed by atoms with Crippen LogP contribution in [0.1, 0.15) is 23.4 Å². The first-order valence-corrected chi connectivity index (χ1v) is 3.81. The molecular formula is C9H9NO2. The maximum absolute atomic E-state index is 10.5. The van der Waals surface area contributed by atoms with Gasteiger partial charge in [0.05, 0.1) is 6.04 Å². The number of fused-ring (bicyclic) bond motifs is 1.